The van der Waals surface area contributed by atoms with E-state index in [0.29, 0.717) is 17.9 Å². The van der Waals surface area contributed by atoms with Crippen LogP contribution in [0.2, 0.25) is 0 Å². The SMILES string of the molecule is CCNC(C)c1c(F)cccc1OCCCC(F)(F)F. The molecular formula is C14H19F4NO. The number of rotatable bonds is 7. The minimum Gasteiger partial charge on any atom is -0.493 e. The first-order chi connectivity index (χ1) is 9.35. The molecule has 1 unspecified atom stereocenters. The molecule has 0 aliphatic carbocycles. The predicted molar refractivity (Wildman–Crippen MR) is 69.3 cm³/mol. The van der Waals surface area contributed by atoms with Gasteiger partial charge in [0, 0.05) is 18.0 Å². The molecule has 2 nitrogen and oxygen atoms in total. The Balaban J connectivity index is 2.67. The standard InChI is InChI=1S/C14H19F4NO/c1-3-19-10(2)13-11(15)6-4-7-12(13)20-9-5-8-14(16,17)18/h4,6-7,10,19H,3,5,8-9H2,1-2H3. The van der Waals surface area contributed by atoms with Crippen molar-refractivity contribution in [1.29, 1.82) is 0 Å². The van der Waals surface area contributed by atoms with Gasteiger partial charge >= 0.3 is 6.18 Å². The summed E-state index contributed by atoms with van der Waals surface area (Å²) in [5.41, 5.74) is 0.348. The Morgan fingerprint density at radius 1 is 1.30 bits per heavy atom. The largest absolute Gasteiger partial charge is 0.493 e. The van der Waals surface area contributed by atoms with Crippen LogP contribution in [0.4, 0.5) is 17.6 Å². The number of hydrogen-bond donors (Lipinski definition) is 1. The molecular weight excluding hydrogens is 274 g/mol. The third-order valence-corrected chi connectivity index (χ3v) is 2.82. The van der Waals surface area contributed by atoms with Gasteiger partial charge in [0.05, 0.1) is 6.61 Å². The maximum Gasteiger partial charge on any atom is 0.389 e. The second-order valence-corrected chi connectivity index (χ2v) is 4.50. The summed E-state index contributed by atoms with van der Waals surface area (Å²) in [6.07, 6.45) is -5.24. The summed E-state index contributed by atoms with van der Waals surface area (Å²) >= 11 is 0. The van der Waals surface area contributed by atoms with Crippen LogP contribution in [-0.4, -0.2) is 19.3 Å². The van der Waals surface area contributed by atoms with Crippen molar-refractivity contribution in [2.24, 2.45) is 0 Å². The summed E-state index contributed by atoms with van der Waals surface area (Å²) < 4.78 is 55.2. The lowest BCUT2D eigenvalue weighted by Crippen LogP contribution is -2.20. The molecule has 0 aliphatic rings. The number of halogens is 4. The highest BCUT2D eigenvalue weighted by molar-refractivity contribution is 5.37. The van der Waals surface area contributed by atoms with Gasteiger partial charge in [-0.15, -0.1) is 0 Å². The number of hydrogen-bond acceptors (Lipinski definition) is 2. The van der Waals surface area contributed by atoms with Gasteiger partial charge in [0.25, 0.3) is 0 Å². The molecule has 1 aromatic rings. The predicted octanol–water partition coefficient (Wildman–Crippen LogP) is 4.22. The summed E-state index contributed by atoms with van der Waals surface area (Å²) in [4.78, 5) is 0. The number of alkyl halides is 3. The summed E-state index contributed by atoms with van der Waals surface area (Å²) in [5.74, 6) is -0.132. The smallest absolute Gasteiger partial charge is 0.389 e. The first-order valence-electron chi connectivity index (χ1n) is 6.56. The molecule has 114 valence electrons. The first-order valence-corrected chi connectivity index (χ1v) is 6.56. The van der Waals surface area contributed by atoms with E-state index in [4.69, 9.17) is 4.74 Å². The van der Waals surface area contributed by atoms with Gasteiger partial charge in [0.2, 0.25) is 0 Å². The third-order valence-electron chi connectivity index (χ3n) is 2.82. The Labute approximate surface area is 116 Å². The summed E-state index contributed by atoms with van der Waals surface area (Å²) in [6.45, 7) is 4.24. The molecule has 0 aliphatic heterocycles. The summed E-state index contributed by atoms with van der Waals surface area (Å²) in [6, 6.07) is 4.10. The molecule has 0 radical (unpaired) electrons. The fourth-order valence-electron chi connectivity index (χ4n) is 1.93. The topological polar surface area (TPSA) is 21.3 Å². The van der Waals surface area contributed by atoms with Crippen molar-refractivity contribution in [3.05, 3.63) is 29.6 Å². The van der Waals surface area contributed by atoms with Crippen molar-refractivity contribution in [3.8, 4) is 5.75 Å². The Morgan fingerprint density at radius 2 is 2.00 bits per heavy atom. The lowest BCUT2D eigenvalue weighted by molar-refractivity contribution is -0.136. The van der Waals surface area contributed by atoms with E-state index in [1.807, 2.05) is 6.92 Å². The van der Waals surface area contributed by atoms with E-state index in [1.165, 1.54) is 12.1 Å². The maximum absolute atomic E-state index is 13.8. The van der Waals surface area contributed by atoms with Crippen LogP contribution >= 0.6 is 0 Å². The van der Waals surface area contributed by atoms with Crippen molar-refractivity contribution in [2.45, 2.75) is 38.9 Å². The fraction of sp³-hybridized carbons (Fsp3) is 0.571. The van der Waals surface area contributed by atoms with Gasteiger partial charge in [-0.2, -0.15) is 13.2 Å². The first kappa shape index (κ1) is 16.8. The van der Waals surface area contributed by atoms with Crippen LogP contribution in [0.1, 0.15) is 38.3 Å². The van der Waals surface area contributed by atoms with Crippen molar-refractivity contribution < 1.29 is 22.3 Å². The van der Waals surface area contributed by atoms with Crippen LogP contribution in [0.3, 0.4) is 0 Å². The highest BCUT2D eigenvalue weighted by Gasteiger charge is 2.26. The quantitative estimate of drug-likeness (QED) is 0.600. The molecule has 1 rings (SSSR count). The van der Waals surface area contributed by atoms with Crippen LogP contribution in [0.5, 0.6) is 5.75 Å². The molecule has 0 aromatic heterocycles. The van der Waals surface area contributed by atoms with Gasteiger partial charge in [0.15, 0.2) is 0 Å². The average Bonchev–Trinajstić information content (AvgIpc) is 2.33. The molecule has 0 saturated carbocycles. The van der Waals surface area contributed by atoms with Gasteiger partial charge in [-0.1, -0.05) is 13.0 Å². The van der Waals surface area contributed by atoms with E-state index in [-0.39, 0.29) is 19.1 Å². The zero-order valence-electron chi connectivity index (χ0n) is 11.6. The van der Waals surface area contributed by atoms with E-state index in [2.05, 4.69) is 5.32 Å². The van der Waals surface area contributed by atoms with Crippen LogP contribution in [-0.2, 0) is 0 Å². The molecule has 0 bridgehead atoms. The van der Waals surface area contributed by atoms with E-state index in [1.54, 1.807) is 13.0 Å². The molecule has 1 N–H and O–H groups in total. The van der Waals surface area contributed by atoms with Crippen molar-refractivity contribution in [3.63, 3.8) is 0 Å². The maximum atomic E-state index is 13.8. The Hall–Kier alpha value is -1.30. The minimum atomic E-state index is -4.19. The monoisotopic (exact) mass is 293 g/mol. The number of ether oxygens (including phenoxy) is 1. The van der Waals surface area contributed by atoms with Gasteiger partial charge in [-0.3, -0.25) is 0 Å². The van der Waals surface area contributed by atoms with E-state index in [0.717, 1.165) is 0 Å². The fourth-order valence-corrected chi connectivity index (χ4v) is 1.93. The second-order valence-electron chi connectivity index (χ2n) is 4.50. The van der Waals surface area contributed by atoms with Gasteiger partial charge in [-0.25, -0.2) is 4.39 Å². The van der Waals surface area contributed by atoms with E-state index in [9.17, 15) is 17.6 Å². The minimum absolute atomic E-state index is 0.0885. The van der Waals surface area contributed by atoms with Crippen LogP contribution in [0, 0.1) is 5.82 Å². The highest BCUT2D eigenvalue weighted by atomic mass is 19.4. The molecule has 1 aromatic carbocycles. The molecule has 0 amide bonds. The normalized spacial score (nSPS) is 13.3. The summed E-state index contributed by atoms with van der Waals surface area (Å²) in [5, 5.41) is 3.06. The number of nitrogens with one attached hydrogen (secondary N) is 1. The Kier molecular flexibility index (Phi) is 6.26. The van der Waals surface area contributed by atoms with Crippen LogP contribution in [0.25, 0.3) is 0 Å². The molecule has 1 atom stereocenters. The Bertz CT molecular complexity index is 420. The molecule has 0 spiro atoms. The molecule has 6 heteroatoms. The third kappa shape index (κ3) is 5.36. The average molecular weight is 293 g/mol. The van der Waals surface area contributed by atoms with Crippen molar-refractivity contribution in [1.82, 2.24) is 5.32 Å². The van der Waals surface area contributed by atoms with Crippen LogP contribution < -0.4 is 10.1 Å². The van der Waals surface area contributed by atoms with Crippen molar-refractivity contribution >= 4 is 0 Å². The molecule has 0 heterocycles. The van der Waals surface area contributed by atoms with Crippen LogP contribution in [0.15, 0.2) is 18.2 Å². The number of benzene rings is 1. The Morgan fingerprint density at radius 3 is 2.60 bits per heavy atom. The van der Waals surface area contributed by atoms with Gasteiger partial charge in [-0.05, 0) is 32.0 Å². The molecule has 0 saturated heterocycles. The lowest BCUT2D eigenvalue weighted by atomic mass is 10.1. The van der Waals surface area contributed by atoms with E-state index < -0.39 is 18.4 Å². The van der Waals surface area contributed by atoms with E-state index >= 15 is 0 Å². The molecule has 20 heavy (non-hydrogen) atoms. The second kappa shape index (κ2) is 7.47. The summed E-state index contributed by atoms with van der Waals surface area (Å²) in [7, 11) is 0. The van der Waals surface area contributed by atoms with Crippen molar-refractivity contribution in [2.75, 3.05) is 13.2 Å². The molecule has 0 fully saturated rings. The highest BCUT2D eigenvalue weighted by Crippen LogP contribution is 2.28. The van der Waals surface area contributed by atoms with Gasteiger partial charge < -0.3 is 10.1 Å². The lowest BCUT2D eigenvalue weighted by Gasteiger charge is -2.18. The van der Waals surface area contributed by atoms with Gasteiger partial charge in [0.1, 0.15) is 11.6 Å². The zero-order valence-corrected chi connectivity index (χ0v) is 11.6. The zero-order chi connectivity index (χ0) is 15.2.